The molecule has 2 aliphatic heterocycles. The van der Waals surface area contributed by atoms with Gasteiger partial charge in [0.1, 0.15) is 6.04 Å². The normalized spacial score (nSPS) is 22.0. The number of nitrogens with zero attached hydrogens (tertiary/aromatic N) is 2. The number of carboxylic acid groups (broad SMARTS) is 1. The minimum absolute atomic E-state index is 0.275. The largest absolute Gasteiger partial charge is 0.493 e. The smallest absolute Gasteiger partial charge is 0.325 e. The Morgan fingerprint density at radius 2 is 1.76 bits per heavy atom. The fraction of sp³-hybridized carbons (Fsp3) is 0.632. The summed E-state index contributed by atoms with van der Waals surface area (Å²) >= 11 is 0. The molecule has 1 aromatic carbocycles. The average molecular weight is 348 g/mol. The molecule has 3 rings (SSSR count). The molecule has 1 atom stereocenters. The van der Waals surface area contributed by atoms with Crippen molar-refractivity contribution in [3.63, 3.8) is 0 Å². The van der Waals surface area contributed by atoms with Crippen LogP contribution in [-0.2, 0) is 4.79 Å². The first-order valence-electron chi connectivity index (χ1n) is 8.85. The zero-order valence-corrected chi connectivity index (χ0v) is 15.3. The van der Waals surface area contributed by atoms with Gasteiger partial charge in [-0.05, 0) is 69.1 Å². The van der Waals surface area contributed by atoms with Gasteiger partial charge in [0.25, 0.3) is 0 Å². The van der Waals surface area contributed by atoms with Crippen molar-refractivity contribution in [3.8, 4) is 11.5 Å². The lowest BCUT2D eigenvalue weighted by atomic mass is 9.78. The van der Waals surface area contributed by atoms with Crippen LogP contribution in [0.1, 0.15) is 30.9 Å². The zero-order chi connectivity index (χ0) is 18.0. The number of benzene rings is 1. The number of likely N-dealkylation sites (tertiary alicyclic amines) is 2. The first-order valence-corrected chi connectivity index (χ1v) is 8.85. The van der Waals surface area contributed by atoms with Crippen molar-refractivity contribution in [2.45, 2.75) is 25.3 Å². The third kappa shape index (κ3) is 3.60. The summed E-state index contributed by atoms with van der Waals surface area (Å²) in [5.41, 5.74) is 1.02. The fourth-order valence-corrected chi connectivity index (χ4v) is 4.22. The van der Waals surface area contributed by atoms with Gasteiger partial charge >= 0.3 is 5.97 Å². The molecule has 0 bridgehead atoms. The molecule has 2 heterocycles. The minimum Gasteiger partial charge on any atom is -0.493 e. The van der Waals surface area contributed by atoms with Gasteiger partial charge in [-0.1, -0.05) is 6.07 Å². The lowest BCUT2D eigenvalue weighted by molar-refractivity contribution is -0.143. The number of hydrogen-bond acceptors (Lipinski definition) is 5. The van der Waals surface area contributed by atoms with Crippen molar-refractivity contribution in [3.05, 3.63) is 23.8 Å². The summed E-state index contributed by atoms with van der Waals surface area (Å²) in [6.45, 7) is 3.88. The Kier molecular flexibility index (Phi) is 5.20. The summed E-state index contributed by atoms with van der Waals surface area (Å²) in [6, 6.07) is 4.77. The molecule has 0 saturated carbocycles. The molecule has 6 nitrogen and oxygen atoms in total. The van der Waals surface area contributed by atoms with Gasteiger partial charge in [-0.2, -0.15) is 0 Å². The van der Waals surface area contributed by atoms with Crippen LogP contribution in [0.2, 0.25) is 0 Å². The van der Waals surface area contributed by atoms with Crippen LogP contribution in [0.3, 0.4) is 0 Å². The second-order valence-corrected chi connectivity index (χ2v) is 7.38. The number of hydrogen-bond donors (Lipinski definition) is 1. The Labute approximate surface area is 149 Å². The van der Waals surface area contributed by atoms with E-state index in [9.17, 15) is 9.90 Å². The molecule has 2 saturated heterocycles. The van der Waals surface area contributed by atoms with E-state index in [0.717, 1.165) is 51.0 Å². The summed E-state index contributed by atoms with van der Waals surface area (Å²) in [6.07, 6.45) is 3.38. The van der Waals surface area contributed by atoms with Gasteiger partial charge in [-0.25, -0.2) is 0 Å². The molecule has 6 heteroatoms. The van der Waals surface area contributed by atoms with Crippen molar-refractivity contribution in [1.29, 1.82) is 0 Å². The van der Waals surface area contributed by atoms with Crippen molar-refractivity contribution in [2.24, 2.45) is 5.41 Å². The van der Waals surface area contributed by atoms with Crippen LogP contribution >= 0.6 is 0 Å². The predicted molar refractivity (Wildman–Crippen MR) is 95.3 cm³/mol. The molecular weight excluding hydrogens is 320 g/mol. The van der Waals surface area contributed by atoms with Gasteiger partial charge in [0.2, 0.25) is 0 Å². The lowest BCUT2D eigenvalue weighted by Crippen LogP contribution is -2.41. The van der Waals surface area contributed by atoms with E-state index in [1.165, 1.54) is 0 Å². The van der Waals surface area contributed by atoms with Crippen LogP contribution in [0, 0.1) is 5.41 Å². The van der Waals surface area contributed by atoms with E-state index in [1.54, 1.807) is 26.4 Å². The number of ether oxygens (including phenoxy) is 2. The number of aliphatic carboxylic acids is 1. The Bertz CT molecular complexity index is 626. The second-order valence-electron chi connectivity index (χ2n) is 7.38. The minimum atomic E-state index is -0.808. The maximum Gasteiger partial charge on any atom is 0.325 e. The monoisotopic (exact) mass is 348 g/mol. The standard InChI is InChI=1S/C19H28N2O4/c1-20-9-6-19(7-10-20)8-11-21(13-19)17(18(22)23)14-4-5-15(24-2)16(12-14)25-3/h4-5,12,17H,6-11,13H2,1-3H3,(H,22,23). The van der Waals surface area contributed by atoms with Crippen LogP contribution in [0.25, 0.3) is 0 Å². The molecular formula is C19H28N2O4. The maximum absolute atomic E-state index is 12.0. The molecule has 0 radical (unpaired) electrons. The SMILES string of the molecule is COc1ccc(C(C(=O)O)N2CCC3(CCN(C)CC3)C2)cc1OC. The topological polar surface area (TPSA) is 62.2 Å². The molecule has 1 unspecified atom stereocenters. The van der Waals surface area contributed by atoms with Crippen LogP contribution < -0.4 is 9.47 Å². The summed E-state index contributed by atoms with van der Waals surface area (Å²) < 4.78 is 10.6. The summed E-state index contributed by atoms with van der Waals surface area (Å²) in [5.74, 6) is 0.375. The average Bonchev–Trinajstić information content (AvgIpc) is 3.01. The van der Waals surface area contributed by atoms with Gasteiger partial charge in [-0.3, -0.25) is 9.69 Å². The van der Waals surface area contributed by atoms with Crippen molar-refractivity contribution < 1.29 is 19.4 Å². The van der Waals surface area contributed by atoms with Crippen LogP contribution in [0.15, 0.2) is 18.2 Å². The highest BCUT2D eigenvalue weighted by Gasteiger charge is 2.43. The summed E-state index contributed by atoms with van der Waals surface area (Å²) in [7, 11) is 5.31. The van der Waals surface area contributed by atoms with E-state index >= 15 is 0 Å². The molecule has 1 aromatic rings. The molecule has 2 aliphatic rings. The lowest BCUT2D eigenvalue weighted by Gasteiger charge is -2.38. The Balaban J connectivity index is 1.82. The first-order chi connectivity index (χ1) is 12.0. The highest BCUT2D eigenvalue weighted by atomic mass is 16.5. The van der Waals surface area contributed by atoms with Gasteiger partial charge in [0, 0.05) is 6.54 Å². The highest BCUT2D eigenvalue weighted by molar-refractivity contribution is 5.76. The van der Waals surface area contributed by atoms with Crippen molar-refractivity contribution >= 4 is 5.97 Å². The molecule has 138 valence electrons. The fourth-order valence-electron chi connectivity index (χ4n) is 4.22. The molecule has 1 N–H and O–H groups in total. The number of carbonyl (C=O) groups is 1. The van der Waals surface area contributed by atoms with E-state index in [4.69, 9.17) is 9.47 Å². The van der Waals surface area contributed by atoms with E-state index in [-0.39, 0.29) is 5.41 Å². The van der Waals surface area contributed by atoms with Crippen LogP contribution in [0.5, 0.6) is 11.5 Å². The van der Waals surface area contributed by atoms with Crippen molar-refractivity contribution in [2.75, 3.05) is 47.4 Å². The van der Waals surface area contributed by atoms with E-state index in [1.807, 2.05) is 6.07 Å². The summed E-state index contributed by atoms with van der Waals surface area (Å²) in [4.78, 5) is 16.5. The number of rotatable bonds is 5. The predicted octanol–water partition coefficient (Wildman–Crippen LogP) is 2.25. The summed E-state index contributed by atoms with van der Waals surface area (Å²) in [5, 5.41) is 9.88. The van der Waals surface area contributed by atoms with Crippen LogP contribution in [-0.4, -0.2) is 68.3 Å². The van der Waals surface area contributed by atoms with Crippen molar-refractivity contribution in [1.82, 2.24) is 9.80 Å². The molecule has 1 spiro atoms. The van der Waals surface area contributed by atoms with Gasteiger partial charge < -0.3 is 19.5 Å². The first kappa shape index (κ1) is 18.0. The van der Waals surface area contributed by atoms with E-state index in [0.29, 0.717) is 11.5 Å². The van der Waals surface area contributed by atoms with Gasteiger partial charge in [-0.15, -0.1) is 0 Å². The zero-order valence-electron chi connectivity index (χ0n) is 15.3. The molecule has 0 amide bonds. The number of piperidine rings is 1. The Morgan fingerprint density at radius 3 is 2.36 bits per heavy atom. The Hall–Kier alpha value is -1.79. The number of methoxy groups -OCH3 is 2. The molecule has 2 fully saturated rings. The van der Waals surface area contributed by atoms with E-state index in [2.05, 4.69) is 16.8 Å². The Morgan fingerprint density at radius 1 is 1.12 bits per heavy atom. The quantitative estimate of drug-likeness (QED) is 0.881. The molecule has 25 heavy (non-hydrogen) atoms. The van der Waals surface area contributed by atoms with Crippen LogP contribution in [0.4, 0.5) is 0 Å². The van der Waals surface area contributed by atoms with E-state index < -0.39 is 12.0 Å². The third-order valence-electron chi connectivity index (χ3n) is 5.84. The second kappa shape index (κ2) is 7.22. The van der Waals surface area contributed by atoms with Gasteiger partial charge in [0.05, 0.1) is 14.2 Å². The maximum atomic E-state index is 12.0. The molecule has 0 aliphatic carbocycles. The molecule has 0 aromatic heterocycles. The highest BCUT2D eigenvalue weighted by Crippen LogP contribution is 2.43. The third-order valence-corrected chi connectivity index (χ3v) is 5.84. The van der Waals surface area contributed by atoms with Gasteiger partial charge in [0.15, 0.2) is 11.5 Å². The number of carboxylic acids is 1.